The summed E-state index contributed by atoms with van der Waals surface area (Å²) in [5.41, 5.74) is 1.55. The third kappa shape index (κ3) is 5.52. The number of hydrogen-bond donors (Lipinski definition) is 1. The number of nitrogens with zero attached hydrogens (tertiary/aromatic N) is 1. The molecule has 1 aliphatic heterocycles. The fourth-order valence-electron chi connectivity index (χ4n) is 3.51. The Balaban J connectivity index is 1.48. The summed E-state index contributed by atoms with van der Waals surface area (Å²) in [6.07, 6.45) is 1.51. The molecule has 1 fully saturated rings. The Morgan fingerprint density at radius 2 is 1.86 bits per heavy atom. The van der Waals surface area contributed by atoms with Crippen LogP contribution in [0.2, 0.25) is 0 Å². The zero-order valence-electron chi connectivity index (χ0n) is 16.8. The fraction of sp³-hybridized carbons (Fsp3) is 0.409. The van der Waals surface area contributed by atoms with Gasteiger partial charge in [0.05, 0.1) is 18.2 Å². The number of Topliss-reactive ketones (excluding diaryl/α,β-unsaturated/α-hetero) is 1. The number of benzene rings is 1. The molecule has 154 valence electrons. The van der Waals surface area contributed by atoms with Gasteiger partial charge < -0.3 is 10.1 Å². The van der Waals surface area contributed by atoms with Gasteiger partial charge in [-0.25, -0.2) is 4.79 Å². The lowest BCUT2D eigenvalue weighted by Gasteiger charge is -2.30. The van der Waals surface area contributed by atoms with E-state index in [1.807, 2.05) is 37.3 Å². The van der Waals surface area contributed by atoms with Crippen molar-refractivity contribution in [1.29, 1.82) is 0 Å². The van der Waals surface area contributed by atoms with Gasteiger partial charge in [-0.2, -0.15) is 0 Å². The highest BCUT2D eigenvalue weighted by molar-refractivity contribution is 7.18. The summed E-state index contributed by atoms with van der Waals surface area (Å²) in [6, 6.07) is 11.2. The number of ether oxygens (including phenoxy) is 1. The molecular weight excluding hydrogens is 388 g/mol. The number of esters is 1. The van der Waals surface area contributed by atoms with Crippen LogP contribution in [-0.2, 0) is 9.53 Å². The van der Waals surface area contributed by atoms with E-state index in [1.54, 1.807) is 13.0 Å². The third-order valence-electron chi connectivity index (χ3n) is 5.03. The molecule has 0 radical (unpaired) electrons. The molecule has 6 nitrogen and oxygen atoms in total. The molecule has 0 unspecified atom stereocenters. The molecule has 1 saturated heterocycles. The van der Waals surface area contributed by atoms with Crippen molar-refractivity contribution in [2.75, 3.05) is 31.6 Å². The lowest BCUT2D eigenvalue weighted by atomic mass is 9.89. The number of anilines is 1. The van der Waals surface area contributed by atoms with Crippen molar-refractivity contribution in [2.24, 2.45) is 5.92 Å². The number of piperidine rings is 1. The molecule has 3 rings (SSSR count). The Morgan fingerprint density at radius 1 is 1.17 bits per heavy atom. The van der Waals surface area contributed by atoms with Gasteiger partial charge in [0.15, 0.2) is 5.78 Å². The molecule has 2 heterocycles. The highest BCUT2D eigenvalue weighted by atomic mass is 32.1. The number of aryl methyl sites for hydroxylation is 1. The number of thiophene rings is 1. The Bertz CT molecular complexity index is 870. The largest absolute Gasteiger partial charge is 0.462 e. The van der Waals surface area contributed by atoms with Gasteiger partial charge in [0.1, 0.15) is 4.88 Å². The van der Waals surface area contributed by atoms with Crippen molar-refractivity contribution in [3.05, 3.63) is 52.4 Å². The Labute approximate surface area is 174 Å². The second kappa shape index (κ2) is 9.80. The maximum Gasteiger partial charge on any atom is 0.348 e. The lowest BCUT2D eigenvalue weighted by molar-refractivity contribution is -0.117. The summed E-state index contributed by atoms with van der Waals surface area (Å²) < 4.78 is 5.03. The summed E-state index contributed by atoms with van der Waals surface area (Å²) in [4.78, 5) is 39.5. The smallest absolute Gasteiger partial charge is 0.348 e. The molecule has 29 heavy (non-hydrogen) atoms. The topological polar surface area (TPSA) is 75.7 Å². The van der Waals surface area contributed by atoms with Crippen LogP contribution >= 0.6 is 11.3 Å². The number of ketones is 1. The molecule has 1 amide bonds. The summed E-state index contributed by atoms with van der Waals surface area (Å²) >= 11 is 1.23. The van der Waals surface area contributed by atoms with Crippen LogP contribution in [0.3, 0.4) is 0 Å². The molecule has 7 heteroatoms. The minimum Gasteiger partial charge on any atom is -0.462 e. The standard InChI is InChI=1S/C22H26N2O4S/c1-3-28-22(27)21-15(2)13-19(29-21)23-18(25)14-24-11-9-17(10-12-24)20(26)16-7-5-4-6-8-16/h4-8,13,17H,3,9-12,14H2,1-2H3,(H,23,25). The normalized spacial score (nSPS) is 15.1. The molecule has 0 atom stereocenters. The summed E-state index contributed by atoms with van der Waals surface area (Å²) in [7, 11) is 0. The van der Waals surface area contributed by atoms with E-state index in [1.165, 1.54) is 11.3 Å². The summed E-state index contributed by atoms with van der Waals surface area (Å²) in [5.74, 6) is -0.269. The van der Waals surface area contributed by atoms with E-state index in [-0.39, 0.29) is 30.1 Å². The molecular formula is C22H26N2O4S. The van der Waals surface area contributed by atoms with Crippen LogP contribution in [0.25, 0.3) is 0 Å². The van der Waals surface area contributed by atoms with Crippen LogP contribution in [0.4, 0.5) is 5.00 Å². The lowest BCUT2D eigenvalue weighted by Crippen LogP contribution is -2.40. The average Bonchev–Trinajstić information content (AvgIpc) is 3.09. The second-order valence-corrected chi connectivity index (χ2v) is 8.22. The first-order valence-electron chi connectivity index (χ1n) is 9.87. The first-order chi connectivity index (χ1) is 14.0. The van der Waals surface area contributed by atoms with Crippen molar-refractivity contribution in [1.82, 2.24) is 4.90 Å². The number of likely N-dealkylation sites (tertiary alicyclic amines) is 1. The highest BCUT2D eigenvalue weighted by Gasteiger charge is 2.26. The maximum atomic E-state index is 12.6. The van der Waals surface area contributed by atoms with Crippen LogP contribution in [0.15, 0.2) is 36.4 Å². The van der Waals surface area contributed by atoms with Crippen LogP contribution in [0, 0.1) is 12.8 Å². The predicted octanol–water partition coefficient (Wildman–Crippen LogP) is 3.77. The summed E-state index contributed by atoms with van der Waals surface area (Å²) in [6.45, 7) is 5.62. The highest BCUT2D eigenvalue weighted by Crippen LogP contribution is 2.27. The Kier molecular flexibility index (Phi) is 7.17. The van der Waals surface area contributed by atoms with Crippen LogP contribution < -0.4 is 5.32 Å². The monoisotopic (exact) mass is 414 g/mol. The Morgan fingerprint density at radius 3 is 2.52 bits per heavy atom. The van der Waals surface area contributed by atoms with E-state index in [2.05, 4.69) is 10.2 Å². The van der Waals surface area contributed by atoms with Gasteiger partial charge in [-0.05, 0) is 51.4 Å². The van der Waals surface area contributed by atoms with E-state index in [9.17, 15) is 14.4 Å². The van der Waals surface area contributed by atoms with Gasteiger partial charge in [-0.1, -0.05) is 30.3 Å². The minimum atomic E-state index is -0.361. The molecule has 0 saturated carbocycles. The van der Waals surface area contributed by atoms with Crippen LogP contribution in [0.1, 0.15) is 45.4 Å². The predicted molar refractivity (Wildman–Crippen MR) is 114 cm³/mol. The molecule has 0 spiro atoms. The fourth-order valence-corrected chi connectivity index (χ4v) is 4.50. The molecule has 0 bridgehead atoms. The van der Waals surface area contributed by atoms with Crippen molar-refractivity contribution in [3.8, 4) is 0 Å². The van der Waals surface area contributed by atoms with Crippen molar-refractivity contribution in [3.63, 3.8) is 0 Å². The molecule has 1 N–H and O–H groups in total. The van der Waals surface area contributed by atoms with Gasteiger partial charge in [0, 0.05) is 11.5 Å². The molecule has 1 aliphatic rings. The van der Waals surface area contributed by atoms with Gasteiger partial charge in [0.2, 0.25) is 5.91 Å². The number of nitrogens with one attached hydrogen (secondary N) is 1. The quantitative estimate of drug-likeness (QED) is 0.551. The van der Waals surface area contributed by atoms with Crippen LogP contribution in [-0.4, -0.2) is 48.8 Å². The second-order valence-electron chi connectivity index (χ2n) is 7.17. The molecule has 0 aliphatic carbocycles. The molecule has 2 aromatic rings. The number of hydrogen-bond acceptors (Lipinski definition) is 6. The minimum absolute atomic E-state index is 0.0174. The van der Waals surface area contributed by atoms with Gasteiger partial charge >= 0.3 is 5.97 Å². The summed E-state index contributed by atoms with van der Waals surface area (Å²) in [5, 5.41) is 3.51. The zero-order chi connectivity index (χ0) is 20.8. The van der Waals surface area contributed by atoms with Crippen LogP contribution in [0.5, 0.6) is 0 Å². The van der Waals surface area contributed by atoms with E-state index in [0.717, 1.165) is 24.0 Å². The zero-order valence-corrected chi connectivity index (χ0v) is 17.6. The first kappa shape index (κ1) is 21.2. The number of amides is 1. The average molecular weight is 415 g/mol. The Hall–Kier alpha value is -2.51. The number of rotatable bonds is 7. The first-order valence-corrected chi connectivity index (χ1v) is 10.7. The number of carbonyl (C=O) groups is 3. The van der Waals surface area contributed by atoms with Gasteiger partial charge in [-0.15, -0.1) is 11.3 Å². The van der Waals surface area contributed by atoms with E-state index in [4.69, 9.17) is 4.74 Å². The van der Waals surface area contributed by atoms with Crippen molar-refractivity contribution in [2.45, 2.75) is 26.7 Å². The molecule has 1 aromatic heterocycles. The maximum absolute atomic E-state index is 12.6. The van der Waals surface area contributed by atoms with E-state index < -0.39 is 0 Å². The van der Waals surface area contributed by atoms with E-state index in [0.29, 0.717) is 29.6 Å². The molecule has 1 aromatic carbocycles. The van der Waals surface area contributed by atoms with Crippen molar-refractivity contribution < 1.29 is 19.1 Å². The third-order valence-corrected chi connectivity index (χ3v) is 6.16. The van der Waals surface area contributed by atoms with Gasteiger partial charge in [-0.3, -0.25) is 14.5 Å². The van der Waals surface area contributed by atoms with Gasteiger partial charge in [0.25, 0.3) is 0 Å². The number of carbonyl (C=O) groups excluding carboxylic acids is 3. The SMILES string of the molecule is CCOC(=O)c1sc(NC(=O)CN2CCC(C(=O)c3ccccc3)CC2)cc1C. The van der Waals surface area contributed by atoms with E-state index >= 15 is 0 Å². The van der Waals surface area contributed by atoms with Crippen molar-refractivity contribution >= 4 is 34.0 Å².